The molecule has 0 aliphatic rings. The Labute approximate surface area is 88.7 Å². The number of hydrogen-bond donors (Lipinski definition) is 2. The molecule has 0 unspecified atom stereocenters. The Morgan fingerprint density at radius 2 is 2.20 bits per heavy atom. The number of ether oxygens (including phenoxy) is 1. The first-order valence-corrected chi connectivity index (χ1v) is 4.75. The lowest BCUT2D eigenvalue weighted by Crippen LogP contribution is -2.15. The lowest BCUT2D eigenvalue weighted by molar-refractivity contribution is 0.0376. The third-order valence-corrected chi connectivity index (χ3v) is 1.90. The molecule has 0 radical (unpaired) electrons. The number of anilines is 1. The van der Waals surface area contributed by atoms with Crippen molar-refractivity contribution >= 4 is 11.7 Å². The summed E-state index contributed by atoms with van der Waals surface area (Å²) in [5, 5.41) is 9.06. The Balaban J connectivity index is 3.06. The number of nitrogens with two attached hydrogens (primary N) is 1. The largest absolute Gasteiger partial charge is 0.459 e. The third kappa shape index (κ3) is 2.70. The molecule has 0 fully saturated rings. The molecule has 0 aliphatic carbocycles. The van der Waals surface area contributed by atoms with Crippen molar-refractivity contribution in [1.29, 1.82) is 0 Å². The highest BCUT2D eigenvalue weighted by atomic mass is 16.5. The van der Waals surface area contributed by atoms with E-state index in [0.717, 1.165) is 0 Å². The molecule has 15 heavy (non-hydrogen) atoms. The zero-order valence-corrected chi connectivity index (χ0v) is 8.86. The molecule has 1 aromatic rings. The van der Waals surface area contributed by atoms with Crippen LogP contribution in [0.2, 0.25) is 0 Å². The first-order valence-electron chi connectivity index (χ1n) is 4.75. The zero-order valence-electron chi connectivity index (χ0n) is 8.86. The van der Waals surface area contributed by atoms with Crippen LogP contribution in [0.25, 0.3) is 0 Å². The number of carbonyl (C=O) groups excluding carboxylic acids is 1. The van der Waals surface area contributed by atoms with Crippen LogP contribution in [0, 0.1) is 0 Å². The molecule has 4 nitrogen and oxygen atoms in total. The van der Waals surface area contributed by atoms with Crippen molar-refractivity contribution in [2.45, 2.75) is 26.6 Å². The summed E-state index contributed by atoms with van der Waals surface area (Å²) < 4.78 is 5.03. The fraction of sp³-hybridized carbons (Fsp3) is 0.364. The number of benzene rings is 1. The maximum absolute atomic E-state index is 11.6. The van der Waals surface area contributed by atoms with Crippen LogP contribution in [-0.2, 0) is 11.3 Å². The third-order valence-electron chi connectivity index (χ3n) is 1.90. The SMILES string of the molecule is CC(C)OC(=O)c1c(N)cccc1CO. The predicted molar refractivity (Wildman–Crippen MR) is 57.3 cm³/mol. The molecule has 0 aliphatic heterocycles. The van der Waals surface area contributed by atoms with Crippen LogP contribution in [0.4, 0.5) is 5.69 Å². The maximum Gasteiger partial charge on any atom is 0.340 e. The standard InChI is InChI=1S/C11H15NO3/c1-7(2)15-11(14)10-8(6-13)4-3-5-9(10)12/h3-5,7,13H,6,12H2,1-2H3. The van der Waals surface area contributed by atoms with E-state index in [-0.39, 0.29) is 18.3 Å². The summed E-state index contributed by atoms with van der Waals surface area (Å²) in [6.45, 7) is 3.29. The van der Waals surface area contributed by atoms with E-state index in [4.69, 9.17) is 15.6 Å². The number of carbonyl (C=O) groups is 1. The van der Waals surface area contributed by atoms with Gasteiger partial charge >= 0.3 is 5.97 Å². The summed E-state index contributed by atoms with van der Waals surface area (Å²) in [5.74, 6) is -0.493. The van der Waals surface area contributed by atoms with Crippen LogP contribution in [0.15, 0.2) is 18.2 Å². The van der Waals surface area contributed by atoms with Crippen molar-refractivity contribution in [2.75, 3.05) is 5.73 Å². The van der Waals surface area contributed by atoms with Gasteiger partial charge in [0, 0.05) is 5.69 Å². The smallest absolute Gasteiger partial charge is 0.340 e. The fourth-order valence-electron chi connectivity index (χ4n) is 1.27. The topological polar surface area (TPSA) is 72.5 Å². The molecule has 0 heterocycles. The highest BCUT2D eigenvalue weighted by Gasteiger charge is 2.16. The van der Waals surface area contributed by atoms with E-state index in [1.807, 2.05) is 0 Å². The van der Waals surface area contributed by atoms with Gasteiger partial charge < -0.3 is 15.6 Å². The van der Waals surface area contributed by atoms with Crippen molar-refractivity contribution in [3.8, 4) is 0 Å². The van der Waals surface area contributed by atoms with Gasteiger partial charge in [0.25, 0.3) is 0 Å². The number of nitrogen functional groups attached to an aromatic ring is 1. The number of aliphatic hydroxyl groups excluding tert-OH is 1. The molecular formula is C11H15NO3. The Kier molecular flexibility index (Phi) is 3.68. The summed E-state index contributed by atoms with van der Waals surface area (Å²) >= 11 is 0. The van der Waals surface area contributed by atoms with E-state index in [2.05, 4.69) is 0 Å². The summed E-state index contributed by atoms with van der Waals surface area (Å²) in [5.41, 5.74) is 6.73. The molecule has 0 atom stereocenters. The number of esters is 1. The molecule has 0 saturated carbocycles. The fourth-order valence-corrected chi connectivity index (χ4v) is 1.27. The zero-order chi connectivity index (χ0) is 11.4. The van der Waals surface area contributed by atoms with Gasteiger partial charge in [-0.1, -0.05) is 12.1 Å². The normalized spacial score (nSPS) is 10.4. The molecule has 1 aromatic carbocycles. The second kappa shape index (κ2) is 4.79. The van der Waals surface area contributed by atoms with Gasteiger partial charge in [-0.3, -0.25) is 0 Å². The Hall–Kier alpha value is -1.55. The Morgan fingerprint density at radius 3 is 2.73 bits per heavy atom. The van der Waals surface area contributed by atoms with Crippen molar-refractivity contribution in [1.82, 2.24) is 0 Å². The van der Waals surface area contributed by atoms with Crippen molar-refractivity contribution in [3.05, 3.63) is 29.3 Å². The van der Waals surface area contributed by atoms with Crippen LogP contribution in [0.5, 0.6) is 0 Å². The molecule has 1 rings (SSSR count). The summed E-state index contributed by atoms with van der Waals surface area (Å²) in [4.78, 5) is 11.6. The van der Waals surface area contributed by atoms with Crippen LogP contribution in [-0.4, -0.2) is 17.2 Å². The minimum atomic E-state index is -0.493. The molecule has 0 bridgehead atoms. The summed E-state index contributed by atoms with van der Waals surface area (Å²) in [7, 11) is 0. The van der Waals surface area contributed by atoms with Crippen molar-refractivity contribution < 1.29 is 14.6 Å². The second-order valence-electron chi connectivity index (χ2n) is 3.49. The lowest BCUT2D eigenvalue weighted by atomic mass is 10.1. The Morgan fingerprint density at radius 1 is 1.53 bits per heavy atom. The van der Waals surface area contributed by atoms with E-state index >= 15 is 0 Å². The molecule has 82 valence electrons. The van der Waals surface area contributed by atoms with Crippen LogP contribution in [0.1, 0.15) is 29.8 Å². The minimum absolute atomic E-state index is 0.205. The average molecular weight is 209 g/mol. The monoisotopic (exact) mass is 209 g/mol. The number of aliphatic hydroxyl groups is 1. The summed E-state index contributed by atoms with van der Waals surface area (Å²) in [6, 6.07) is 4.94. The first-order chi connectivity index (χ1) is 7.06. The maximum atomic E-state index is 11.6. The highest BCUT2D eigenvalue weighted by molar-refractivity contribution is 5.96. The van der Waals surface area contributed by atoms with Gasteiger partial charge in [0.2, 0.25) is 0 Å². The lowest BCUT2D eigenvalue weighted by Gasteiger charge is -2.12. The molecule has 0 saturated heterocycles. The predicted octanol–water partition coefficient (Wildman–Crippen LogP) is 1.33. The van der Waals surface area contributed by atoms with Crippen LogP contribution < -0.4 is 5.73 Å². The van der Waals surface area contributed by atoms with E-state index in [9.17, 15) is 4.79 Å². The number of hydrogen-bond acceptors (Lipinski definition) is 4. The molecule has 0 aromatic heterocycles. The van der Waals surface area contributed by atoms with Gasteiger partial charge in [0.1, 0.15) is 0 Å². The van der Waals surface area contributed by atoms with Crippen molar-refractivity contribution in [2.24, 2.45) is 0 Å². The number of rotatable bonds is 3. The molecular weight excluding hydrogens is 194 g/mol. The van der Waals surface area contributed by atoms with E-state index in [0.29, 0.717) is 11.3 Å². The van der Waals surface area contributed by atoms with Crippen LogP contribution >= 0.6 is 0 Å². The highest BCUT2D eigenvalue weighted by Crippen LogP contribution is 2.18. The Bertz CT molecular complexity index is 361. The van der Waals surface area contributed by atoms with Gasteiger partial charge in [0.15, 0.2) is 0 Å². The van der Waals surface area contributed by atoms with Gasteiger partial charge in [0.05, 0.1) is 18.3 Å². The van der Waals surface area contributed by atoms with E-state index in [1.165, 1.54) is 0 Å². The van der Waals surface area contributed by atoms with E-state index < -0.39 is 5.97 Å². The second-order valence-corrected chi connectivity index (χ2v) is 3.49. The quantitative estimate of drug-likeness (QED) is 0.581. The van der Waals surface area contributed by atoms with Crippen molar-refractivity contribution in [3.63, 3.8) is 0 Å². The minimum Gasteiger partial charge on any atom is -0.459 e. The van der Waals surface area contributed by atoms with Gasteiger partial charge in [-0.15, -0.1) is 0 Å². The van der Waals surface area contributed by atoms with Gasteiger partial charge in [-0.05, 0) is 25.5 Å². The average Bonchev–Trinajstić information content (AvgIpc) is 2.15. The van der Waals surface area contributed by atoms with E-state index in [1.54, 1.807) is 32.0 Å². The molecule has 4 heteroatoms. The molecule has 3 N–H and O–H groups in total. The van der Waals surface area contributed by atoms with Crippen LogP contribution in [0.3, 0.4) is 0 Å². The molecule has 0 spiro atoms. The first kappa shape index (κ1) is 11.5. The van der Waals surface area contributed by atoms with Gasteiger partial charge in [-0.25, -0.2) is 4.79 Å². The summed E-state index contributed by atoms with van der Waals surface area (Å²) in [6.07, 6.45) is -0.205. The molecule has 0 amide bonds. The van der Waals surface area contributed by atoms with Gasteiger partial charge in [-0.2, -0.15) is 0 Å².